The molecule has 0 spiro atoms. The number of aryl methyl sites for hydroxylation is 1. The SMILES string of the molecule is CCOC(=O)CCc1csc(C[C@H]2S[C@H](c3cccc(OC)c3OC)c3cc(Cl)ccc3-n3c2nnc3C(F)(F)F)n1. The smallest absolute Gasteiger partial charge is 0.452 e. The van der Waals surface area contributed by atoms with Crippen molar-refractivity contribution >= 4 is 40.7 Å². The van der Waals surface area contributed by atoms with Gasteiger partial charge in [0.05, 0.1) is 54.1 Å². The summed E-state index contributed by atoms with van der Waals surface area (Å²) in [5.41, 5.74) is 2.23. The van der Waals surface area contributed by atoms with E-state index in [1.165, 1.54) is 37.3 Å². The number of para-hydroxylation sites is 1. The molecule has 0 bridgehead atoms. The number of hydrogen-bond donors (Lipinski definition) is 0. The fourth-order valence-electron chi connectivity index (χ4n) is 4.84. The number of esters is 1. The predicted molar refractivity (Wildman–Crippen MR) is 154 cm³/mol. The maximum Gasteiger partial charge on any atom is 0.452 e. The standard InChI is InChI=1S/C28H26ClF3N4O4S2/c1-4-40-23(37)11-9-16-14-41-22(33-16)13-21-26-34-35-27(28(30,31)32)36(26)19-10-8-15(29)12-18(19)25(42-21)17-6-5-7-20(38-2)24(17)39-3/h5-8,10,12,14,21,25H,4,9,11,13H2,1-3H3/t21-,25-/m1/s1. The summed E-state index contributed by atoms with van der Waals surface area (Å²) >= 11 is 9.20. The lowest BCUT2D eigenvalue weighted by atomic mass is 10.0. The second-order valence-corrected chi connectivity index (χ2v) is 11.9. The number of carbonyl (C=O) groups is 1. The van der Waals surface area contributed by atoms with Crippen molar-refractivity contribution in [1.82, 2.24) is 19.7 Å². The molecular weight excluding hydrogens is 613 g/mol. The molecule has 4 aromatic rings. The van der Waals surface area contributed by atoms with E-state index in [2.05, 4.69) is 15.2 Å². The van der Waals surface area contributed by atoms with Crippen molar-refractivity contribution in [2.75, 3.05) is 20.8 Å². The van der Waals surface area contributed by atoms with Crippen LogP contribution in [0.5, 0.6) is 11.5 Å². The third-order valence-electron chi connectivity index (χ3n) is 6.61. The van der Waals surface area contributed by atoms with Gasteiger partial charge in [-0.3, -0.25) is 9.36 Å². The average Bonchev–Trinajstić information content (AvgIpc) is 3.58. The molecule has 222 valence electrons. The normalized spacial score (nSPS) is 16.4. The van der Waals surface area contributed by atoms with Gasteiger partial charge in [-0.2, -0.15) is 13.2 Å². The van der Waals surface area contributed by atoms with Crippen LogP contribution in [0.3, 0.4) is 0 Å². The van der Waals surface area contributed by atoms with E-state index < -0.39 is 22.5 Å². The molecule has 0 radical (unpaired) electrons. The number of carbonyl (C=O) groups excluding carboxylic acids is 1. The molecular formula is C28H26ClF3N4O4S2. The maximum absolute atomic E-state index is 14.3. The number of hydrogen-bond acceptors (Lipinski definition) is 9. The minimum absolute atomic E-state index is 0.142. The van der Waals surface area contributed by atoms with Crippen molar-refractivity contribution in [1.29, 1.82) is 0 Å². The molecule has 42 heavy (non-hydrogen) atoms. The third-order valence-corrected chi connectivity index (χ3v) is 9.25. The number of methoxy groups -OCH3 is 2. The van der Waals surface area contributed by atoms with Gasteiger partial charge in [0.2, 0.25) is 5.82 Å². The van der Waals surface area contributed by atoms with Crippen LogP contribution in [-0.4, -0.2) is 46.5 Å². The van der Waals surface area contributed by atoms with Crippen molar-refractivity contribution < 1.29 is 32.2 Å². The maximum atomic E-state index is 14.3. The minimum Gasteiger partial charge on any atom is -0.493 e. The van der Waals surface area contributed by atoms with Gasteiger partial charge in [-0.15, -0.1) is 33.3 Å². The molecule has 0 amide bonds. The van der Waals surface area contributed by atoms with Crippen LogP contribution < -0.4 is 9.47 Å². The number of ether oxygens (including phenoxy) is 3. The summed E-state index contributed by atoms with van der Waals surface area (Å²) in [4.78, 5) is 16.5. The lowest BCUT2D eigenvalue weighted by molar-refractivity contribution is -0.146. The van der Waals surface area contributed by atoms with Gasteiger partial charge in [-0.25, -0.2) is 4.98 Å². The molecule has 0 aliphatic carbocycles. The number of nitrogens with zero attached hydrogens (tertiary/aromatic N) is 4. The Bertz CT molecular complexity index is 1590. The van der Waals surface area contributed by atoms with Crippen molar-refractivity contribution in [3.8, 4) is 17.2 Å². The van der Waals surface area contributed by atoms with E-state index in [0.29, 0.717) is 51.4 Å². The number of rotatable bonds is 9. The fraction of sp³-hybridized carbons (Fsp3) is 0.357. The van der Waals surface area contributed by atoms with E-state index >= 15 is 0 Å². The Labute approximate surface area is 253 Å². The lowest BCUT2D eigenvalue weighted by Crippen LogP contribution is -2.16. The Morgan fingerprint density at radius 2 is 1.93 bits per heavy atom. The number of benzene rings is 2. The topological polar surface area (TPSA) is 88.4 Å². The monoisotopic (exact) mass is 638 g/mol. The quantitative estimate of drug-likeness (QED) is 0.181. The third kappa shape index (κ3) is 6.09. The molecule has 0 saturated carbocycles. The van der Waals surface area contributed by atoms with E-state index in [1.54, 1.807) is 37.3 Å². The molecule has 0 unspecified atom stereocenters. The molecule has 2 atom stereocenters. The van der Waals surface area contributed by atoms with E-state index in [9.17, 15) is 18.0 Å². The second-order valence-electron chi connectivity index (χ2n) is 9.25. The van der Waals surface area contributed by atoms with Gasteiger partial charge in [0.1, 0.15) is 0 Å². The Morgan fingerprint density at radius 3 is 2.64 bits per heavy atom. The van der Waals surface area contributed by atoms with Crippen LogP contribution in [0, 0.1) is 0 Å². The molecule has 8 nitrogen and oxygen atoms in total. The molecule has 3 heterocycles. The van der Waals surface area contributed by atoms with Gasteiger partial charge in [0.15, 0.2) is 17.3 Å². The van der Waals surface area contributed by atoms with Gasteiger partial charge in [0.25, 0.3) is 0 Å². The summed E-state index contributed by atoms with van der Waals surface area (Å²) in [7, 11) is 3.04. The zero-order valence-corrected chi connectivity index (χ0v) is 25.2. The van der Waals surface area contributed by atoms with Gasteiger partial charge < -0.3 is 14.2 Å². The summed E-state index contributed by atoms with van der Waals surface area (Å²) in [6.45, 7) is 2.04. The van der Waals surface area contributed by atoms with E-state index in [-0.39, 0.29) is 30.3 Å². The van der Waals surface area contributed by atoms with E-state index in [1.807, 2.05) is 11.4 Å². The Balaban J connectivity index is 1.62. The number of aromatic nitrogens is 4. The highest BCUT2D eigenvalue weighted by atomic mass is 35.5. The molecule has 1 aliphatic heterocycles. The van der Waals surface area contributed by atoms with Crippen molar-refractivity contribution in [2.45, 2.75) is 42.9 Å². The average molecular weight is 639 g/mol. The summed E-state index contributed by atoms with van der Waals surface area (Å²) in [6, 6.07) is 10.2. The van der Waals surface area contributed by atoms with E-state index in [4.69, 9.17) is 25.8 Å². The number of alkyl halides is 3. The van der Waals surface area contributed by atoms with Crippen molar-refractivity contribution in [3.63, 3.8) is 0 Å². The molecule has 0 N–H and O–H groups in total. The van der Waals surface area contributed by atoms with Crippen LogP contribution in [-0.2, 0) is 28.5 Å². The number of thiazole rings is 1. The highest BCUT2D eigenvalue weighted by Crippen LogP contribution is 2.54. The first kappa shape index (κ1) is 30.2. The Kier molecular flexibility index (Phi) is 9.00. The highest BCUT2D eigenvalue weighted by Gasteiger charge is 2.43. The van der Waals surface area contributed by atoms with Crippen LogP contribution in [0.1, 0.15) is 57.3 Å². The predicted octanol–water partition coefficient (Wildman–Crippen LogP) is 7.03. The van der Waals surface area contributed by atoms with E-state index in [0.717, 1.165) is 4.57 Å². The van der Waals surface area contributed by atoms with Crippen LogP contribution in [0.4, 0.5) is 13.2 Å². The molecule has 2 aromatic heterocycles. The number of halogens is 4. The highest BCUT2D eigenvalue weighted by molar-refractivity contribution is 8.00. The van der Waals surface area contributed by atoms with Crippen molar-refractivity contribution in [3.05, 3.63) is 80.3 Å². The molecule has 2 aromatic carbocycles. The first-order valence-corrected chi connectivity index (χ1v) is 15.1. The number of fused-ring (bicyclic) bond motifs is 3. The van der Waals surface area contributed by atoms with Crippen LogP contribution in [0.15, 0.2) is 41.8 Å². The van der Waals surface area contributed by atoms with Crippen LogP contribution in [0.25, 0.3) is 5.69 Å². The van der Waals surface area contributed by atoms with Crippen LogP contribution in [0.2, 0.25) is 5.02 Å². The van der Waals surface area contributed by atoms with Crippen molar-refractivity contribution in [2.24, 2.45) is 0 Å². The summed E-state index contributed by atoms with van der Waals surface area (Å²) in [6.07, 6.45) is -3.90. The van der Waals surface area contributed by atoms with Gasteiger partial charge in [-0.1, -0.05) is 23.7 Å². The van der Waals surface area contributed by atoms with Crippen LogP contribution >= 0.6 is 34.7 Å². The summed E-state index contributed by atoms with van der Waals surface area (Å²) in [5, 5.41) is 9.45. The first-order chi connectivity index (χ1) is 20.1. The zero-order chi connectivity index (χ0) is 30.0. The Morgan fingerprint density at radius 1 is 1.12 bits per heavy atom. The largest absolute Gasteiger partial charge is 0.493 e. The molecule has 0 saturated heterocycles. The van der Waals surface area contributed by atoms with Gasteiger partial charge >= 0.3 is 12.1 Å². The molecule has 1 aliphatic rings. The lowest BCUT2D eigenvalue weighted by Gasteiger charge is -2.23. The summed E-state index contributed by atoms with van der Waals surface area (Å²) in [5.74, 6) is -0.346. The fourth-order valence-corrected chi connectivity index (χ4v) is 7.53. The van der Waals surface area contributed by atoms with Gasteiger partial charge in [0, 0.05) is 28.8 Å². The zero-order valence-electron chi connectivity index (χ0n) is 22.8. The number of thioether (sulfide) groups is 1. The molecule has 5 rings (SSSR count). The molecule has 14 heteroatoms. The molecule has 0 fully saturated rings. The first-order valence-electron chi connectivity index (χ1n) is 12.9. The minimum atomic E-state index is -4.76. The summed E-state index contributed by atoms with van der Waals surface area (Å²) < 4.78 is 60.1. The van der Waals surface area contributed by atoms with Gasteiger partial charge in [-0.05, 0) is 36.8 Å². The second kappa shape index (κ2) is 12.5. The Hall–Kier alpha value is -3.29.